The summed E-state index contributed by atoms with van der Waals surface area (Å²) in [6, 6.07) is 5.19. The van der Waals surface area contributed by atoms with Crippen molar-refractivity contribution >= 4 is 5.91 Å². The van der Waals surface area contributed by atoms with Crippen molar-refractivity contribution in [3.8, 4) is 11.5 Å². The SMILES string of the molecule is C=CCNC(=O)c1c(OC)cccc1OC. The fourth-order valence-electron chi connectivity index (χ4n) is 1.33. The number of rotatable bonds is 5. The Balaban J connectivity index is 3.07. The first kappa shape index (κ1) is 12.1. The number of methoxy groups -OCH3 is 2. The van der Waals surface area contributed by atoms with Crippen LogP contribution in [-0.2, 0) is 0 Å². The van der Waals surface area contributed by atoms with Gasteiger partial charge in [-0.3, -0.25) is 4.79 Å². The number of nitrogens with one attached hydrogen (secondary N) is 1. The number of ether oxygens (including phenoxy) is 2. The Kier molecular flexibility index (Phi) is 4.39. The molecular weight excluding hydrogens is 206 g/mol. The number of carbonyl (C=O) groups excluding carboxylic acids is 1. The van der Waals surface area contributed by atoms with E-state index in [9.17, 15) is 4.79 Å². The Hall–Kier alpha value is -1.97. The van der Waals surface area contributed by atoms with Gasteiger partial charge in [-0.05, 0) is 12.1 Å². The van der Waals surface area contributed by atoms with Crippen LogP contribution in [0.1, 0.15) is 10.4 Å². The normalized spacial score (nSPS) is 9.38. The molecule has 16 heavy (non-hydrogen) atoms. The quantitative estimate of drug-likeness (QED) is 0.768. The van der Waals surface area contributed by atoms with Crippen LogP contribution in [-0.4, -0.2) is 26.7 Å². The summed E-state index contributed by atoms with van der Waals surface area (Å²) < 4.78 is 10.2. The van der Waals surface area contributed by atoms with E-state index in [1.807, 2.05) is 0 Å². The van der Waals surface area contributed by atoms with E-state index < -0.39 is 0 Å². The molecule has 0 bridgehead atoms. The van der Waals surface area contributed by atoms with E-state index in [0.717, 1.165) is 0 Å². The maximum absolute atomic E-state index is 11.8. The zero-order chi connectivity index (χ0) is 12.0. The van der Waals surface area contributed by atoms with Gasteiger partial charge in [0.25, 0.3) is 5.91 Å². The zero-order valence-electron chi connectivity index (χ0n) is 9.45. The smallest absolute Gasteiger partial charge is 0.259 e. The topological polar surface area (TPSA) is 47.6 Å². The van der Waals surface area contributed by atoms with Gasteiger partial charge in [0.15, 0.2) is 0 Å². The van der Waals surface area contributed by atoms with Gasteiger partial charge >= 0.3 is 0 Å². The van der Waals surface area contributed by atoms with Gasteiger partial charge in [-0.25, -0.2) is 0 Å². The molecule has 0 saturated heterocycles. The molecule has 0 fully saturated rings. The van der Waals surface area contributed by atoms with Crippen LogP contribution in [0.5, 0.6) is 11.5 Å². The van der Waals surface area contributed by atoms with Gasteiger partial charge in [0.1, 0.15) is 17.1 Å². The molecule has 1 amide bonds. The molecule has 1 aromatic carbocycles. The Morgan fingerprint density at radius 1 is 1.38 bits per heavy atom. The average molecular weight is 221 g/mol. The van der Waals surface area contributed by atoms with Crippen LogP contribution in [0.4, 0.5) is 0 Å². The third-order valence-electron chi connectivity index (χ3n) is 2.06. The molecule has 86 valence electrons. The van der Waals surface area contributed by atoms with E-state index in [4.69, 9.17) is 9.47 Å². The second kappa shape index (κ2) is 5.80. The molecule has 4 heteroatoms. The van der Waals surface area contributed by atoms with E-state index in [1.54, 1.807) is 24.3 Å². The molecule has 0 aromatic heterocycles. The van der Waals surface area contributed by atoms with Crippen LogP contribution in [0.2, 0.25) is 0 Å². The van der Waals surface area contributed by atoms with Crippen LogP contribution in [0.15, 0.2) is 30.9 Å². The second-order valence-corrected chi connectivity index (χ2v) is 3.04. The first-order valence-electron chi connectivity index (χ1n) is 4.84. The first-order chi connectivity index (χ1) is 7.74. The lowest BCUT2D eigenvalue weighted by atomic mass is 10.1. The molecule has 0 unspecified atom stereocenters. The standard InChI is InChI=1S/C12H15NO3/c1-4-8-13-12(14)11-9(15-2)6-5-7-10(11)16-3/h4-7H,1,8H2,2-3H3,(H,13,14). The Morgan fingerprint density at radius 3 is 2.38 bits per heavy atom. The minimum Gasteiger partial charge on any atom is -0.496 e. The predicted molar refractivity (Wildman–Crippen MR) is 62.1 cm³/mol. The van der Waals surface area contributed by atoms with E-state index in [0.29, 0.717) is 23.6 Å². The molecule has 0 aliphatic carbocycles. The molecule has 1 aromatic rings. The van der Waals surface area contributed by atoms with Crippen LogP contribution in [0.3, 0.4) is 0 Å². The Morgan fingerprint density at radius 2 is 1.94 bits per heavy atom. The maximum Gasteiger partial charge on any atom is 0.259 e. The molecule has 4 nitrogen and oxygen atoms in total. The summed E-state index contributed by atoms with van der Waals surface area (Å²) in [5, 5.41) is 2.68. The largest absolute Gasteiger partial charge is 0.496 e. The Labute approximate surface area is 94.9 Å². The highest BCUT2D eigenvalue weighted by atomic mass is 16.5. The van der Waals surface area contributed by atoms with Gasteiger partial charge in [-0.15, -0.1) is 6.58 Å². The molecule has 0 atom stereocenters. The highest BCUT2D eigenvalue weighted by Gasteiger charge is 2.16. The van der Waals surface area contributed by atoms with Crippen molar-refractivity contribution in [1.82, 2.24) is 5.32 Å². The number of hydrogen-bond donors (Lipinski definition) is 1. The van der Waals surface area contributed by atoms with Crippen LogP contribution in [0, 0.1) is 0 Å². The van der Waals surface area contributed by atoms with Gasteiger partial charge in [-0.2, -0.15) is 0 Å². The number of benzene rings is 1. The molecular formula is C12H15NO3. The summed E-state index contributed by atoms with van der Waals surface area (Å²) >= 11 is 0. The molecule has 1 N–H and O–H groups in total. The highest BCUT2D eigenvalue weighted by Crippen LogP contribution is 2.27. The van der Waals surface area contributed by atoms with Crippen molar-refractivity contribution in [3.63, 3.8) is 0 Å². The highest BCUT2D eigenvalue weighted by molar-refractivity contribution is 5.99. The van der Waals surface area contributed by atoms with Gasteiger partial charge in [0.2, 0.25) is 0 Å². The molecule has 0 heterocycles. The van der Waals surface area contributed by atoms with Crippen molar-refractivity contribution in [2.24, 2.45) is 0 Å². The fourth-order valence-corrected chi connectivity index (χ4v) is 1.33. The summed E-state index contributed by atoms with van der Waals surface area (Å²) in [5.74, 6) is 0.732. The van der Waals surface area contributed by atoms with Gasteiger partial charge in [0.05, 0.1) is 14.2 Å². The third kappa shape index (κ3) is 2.53. The van der Waals surface area contributed by atoms with E-state index >= 15 is 0 Å². The van der Waals surface area contributed by atoms with Crippen molar-refractivity contribution in [2.75, 3.05) is 20.8 Å². The van der Waals surface area contributed by atoms with Crippen LogP contribution < -0.4 is 14.8 Å². The summed E-state index contributed by atoms with van der Waals surface area (Å²) in [6.07, 6.45) is 1.61. The maximum atomic E-state index is 11.8. The number of hydrogen-bond acceptors (Lipinski definition) is 3. The predicted octanol–water partition coefficient (Wildman–Crippen LogP) is 1.62. The van der Waals surface area contributed by atoms with Gasteiger partial charge in [0, 0.05) is 6.54 Å². The third-order valence-corrected chi connectivity index (χ3v) is 2.06. The van der Waals surface area contributed by atoms with Gasteiger partial charge < -0.3 is 14.8 Å². The number of amides is 1. The van der Waals surface area contributed by atoms with Crippen molar-refractivity contribution in [1.29, 1.82) is 0 Å². The molecule has 0 spiro atoms. The van der Waals surface area contributed by atoms with Gasteiger partial charge in [-0.1, -0.05) is 12.1 Å². The molecule has 0 aliphatic rings. The first-order valence-corrected chi connectivity index (χ1v) is 4.84. The van der Waals surface area contributed by atoms with Crippen LogP contribution >= 0.6 is 0 Å². The molecule has 0 saturated carbocycles. The monoisotopic (exact) mass is 221 g/mol. The molecule has 1 rings (SSSR count). The Bertz CT molecular complexity index is 366. The molecule has 0 radical (unpaired) electrons. The summed E-state index contributed by atoms with van der Waals surface area (Å²) in [5.41, 5.74) is 0.398. The van der Waals surface area contributed by atoms with E-state index in [2.05, 4.69) is 11.9 Å². The average Bonchev–Trinajstić information content (AvgIpc) is 2.34. The summed E-state index contributed by atoms with van der Waals surface area (Å²) in [4.78, 5) is 11.8. The fraction of sp³-hybridized carbons (Fsp3) is 0.250. The number of carbonyl (C=O) groups is 1. The summed E-state index contributed by atoms with van der Waals surface area (Å²) in [6.45, 7) is 3.94. The zero-order valence-corrected chi connectivity index (χ0v) is 9.45. The lowest BCUT2D eigenvalue weighted by Gasteiger charge is -2.12. The lowest BCUT2D eigenvalue weighted by Crippen LogP contribution is -2.24. The van der Waals surface area contributed by atoms with E-state index in [-0.39, 0.29) is 5.91 Å². The van der Waals surface area contributed by atoms with Crippen molar-refractivity contribution in [2.45, 2.75) is 0 Å². The molecule has 0 aliphatic heterocycles. The second-order valence-electron chi connectivity index (χ2n) is 3.04. The van der Waals surface area contributed by atoms with E-state index in [1.165, 1.54) is 14.2 Å². The minimum atomic E-state index is -0.241. The lowest BCUT2D eigenvalue weighted by molar-refractivity contribution is 0.0952. The summed E-state index contributed by atoms with van der Waals surface area (Å²) in [7, 11) is 3.03. The minimum absolute atomic E-state index is 0.241. The van der Waals surface area contributed by atoms with Crippen molar-refractivity contribution < 1.29 is 14.3 Å². The van der Waals surface area contributed by atoms with Crippen LogP contribution in [0.25, 0.3) is 0 Å². The van der Waals surface area contributed by atoms with Crippen molar-refractivity contribution in [3.05, 3.63) is 36.4 Å².